The standard InChI is InChI=1S/C11H22ClNO4S/c1-8(2)5-10(11(14)17-4)13-18(15,16)7-9(3)6-12/h8-10,13H,5-7H2,1-4H3. The molecule has 0 fully saturated rings. The van der Waals surface area contributed by atoms with Crippen LogP contribution in [0.2, 0.25) is 0 Å². The van der Waals surface area contributed by atoms with Crippen molar-refractivity contribution in [2.24, 2.45) is 11.8 Å². The molecule has 0 saturated heterocycles. The number of esters is 1. The number of ether oxygens (including phenoxy) is 1. The molecule has 0 bridgehead atoms. The third-order valence-electron chi connectivity index (χ3n) is 2.28. The molecule has 0 saturated carbocycles. The van der Waals surface area contributed by atoms with E-state index >= 15 is 0 Å². The first-order chi connectivity index (χ1) is 8.21. The van der Waals surface area contributed by atoms with Gasteiger partial charge in [0, 0.05) is 5.88 Å². The van der Waals surface area contributed by atoms with E-state index in [9.17, 15) is 13.2 Å². The van der Waals surface area contributed by atoms with Crippen LogP contribution in [0.5, 0.6) is 0 Å². The van der Waals surface area contributed by atoms with Crippen LogP contribution in [0.3, 0.4) is 0 Å². The van der Waals surface area contributed by atoms with E-state index in [1.807, 2.05) is 13.8 Å². The predicted octanol–water partition coefficient (Wildman–Crippen LogP) is 1.37. The summed E-state index contributed by atoms with van der Waals surface area (Å²) in [6.45, 7) is 5.55. The molecule has 2 unspecified atom stereocenters. The van der Waals surface area contributed by atoms with Gasteiger partial charge in [-0.15, -0.1) is 11.6 Å². The van der Waals surface area contributed by atoms with Gasteiger partial charge in [-0.05, 0) is 18.3 Å². The number of halogens is 1. The van der Waals surface area contributed by atoms with E-state index in [4.69, 9.17) is 11.6 Å². The molecule has 0 radical (unpaired) electrons. The van der Waals surface area contributed by atoms with Gasteiger partial charge in [0.2, 0.25) is 10.0 Å². The minimum absolute atomic E-state index is 0.0951. The Balaban J connectivity index is 4.70. The Kier molecular flexibility index (Phi) is 7.82. The molecule has 108 valence electrons. The highest BCUT2D eigenvalue weighted by Gasteiger charge is 2.26. The second-order valence-corrected chi connectivity index (χ2v) is 6.97. The first-order valence-corrected chi connectivity index (χ1v) is 8.04. The lowest BCUT2D eigenvalue weighted by Gasteiger charge is -2.19. The molecule has 0 aromatic carbocycles. The summed E-state index contributed by atoms with van der Waals surface area (Å²) in [7, 11) is -2.29. The Morgan fingerprint density at radius 2 is 1.89 bits per heavy atom. The number of alkyl halides is 1. The number of nitrogens with one attached hydrogen (secondary N) is 1. The minimum Gasteiger partial charge on any atom is -0.468 e. The maximum atomic E-state index is 11.8. The average Bonchev–Trinajstić information content (AvgIpc) is 2.25. The van der Waals surface area contributed by atoms with E-state index in [1.54, 1.807) is 6.92 Å². The molecule has 18 heavy (non-hydrogen) atoms. The van der Waals surface area contributed by atoms with Gasteiger partial charge in [0.05, 0.1) is 12.9 Å². The van der Waals surface area contributed by atoms with Gasteiger partial charge in [-0.1, -0.05) is 20.8 Å². The summed E-state index contributed by atoms with van der Waals surface area (Å²) < 4.78 is 30.6. The van der Waals surface area contributed by atoms with Gasteiger partial charge in [0.15, 0.2) is 0 Å². The molecule has 0 aromatic rings. The maximum absolute atomic E-state index is 11.8. The molecule has 0 spiro atoms. The Morgan fingerprint density at radius 3 is 2.28 bits per heavy atom. The van der Waals surface area contributed by atoms with Crippen LogP contribution in [0, 0.1) is 11.8 Å². The molecule has 0 heterocycles. The molecule has 0 aliphatic heterocycles. The Labute approximate surface area is 114 Å². The lowest BCUT2D eigenvalue weighted by atomic mass is 10.1. The Morgan fingerprint density at radius 1 is 1.33 bits per heavy atom. The maximum Gasteiger partial charge on any atom is 0.323 e. The third kappa shape index (κ3) is 7.18. The number of hydrogen-bond acceptors (Lipinski definition) is 4. The van der Waals surface area contributed by atoms with Gasteiger partial charge in [-0.25, -0.2) is 13.1 Å². The van der Waals surface area contributed by atoms with Crippen LogP contribution in [0.1, 0.15) is 27.2 Å². The second-order valence-electron chi connectivity index (χ2n) is 4.86. The lowest BCUT2D eigenvalue weighted by Crippen LogP contribution is -2.44. The number of carbonyl (C=O) groups excluding carboxylic acids is 1. The zero-order chi connectivity index (χ0) is 14.3. The van der Waals surface area contributed by atoms with Gasteiger partial charge in [0.1, 0.15) is 6.04 Å². The normalized spacial score (nSPS) is 15.4. The van der Waals surface area contributed by atoms with Crippen molar-refractivity contribution >= 4 is 27.6 Å². The molecule has 5 nitrogen and oxygen atoms in total. The predicted molar refractivity (Wildman–Crippen MR) is 72.1 cm³/mol. The largest absolute Gasteiger partial charge is 0.468 e. The number of methoxy groups -OCH3 is 1. The third-order valence-corrected chi connectivity index (χ3v) is 4.46. The van der Waals surface area contributed by atoms with Crippen LogP contribution in [0.25, 0.3) is 0 Å². The van der Waals surface area contributed by atoms with E-state index < -0.39 is 22.0 Å². The summed E-state index contributed by atoms with van der Waals surface area (Å²) in [5.74, 6) is -0.384. The monoisotopic (exact) mass is 299 g/mol. The number of hydrogen-bond donors (Lipinski definition) is 1. The van der Waals surface area contributed by atoms with E-state index in [1.165, 1.54) is 7.11 Å². The van der Waals surface area contributed by atoms with Crippen molar-refractivity contribution < 1.29 is 17.9 Å². The van der Waals surface area contributed by atoms with Crippen LogP contribution in [-0.2, 0) is 19.6 Å². The fraction of sp³-hybridized carbons (Fsp3) is 0.909. The molecule has 0 aromatic heterocycles. The molecule has 2 atom stereocenters. The summed E-state index contributed by atoms with van der Waals surface area (Å²) in [6.07, 6.45) is 0.404. The van der Waals surface area contributed by atoms with Crippen LogP contribution in [0.15, 0.2) is 0 Å². The van der Waals surface area contributed by atoms with Crippen molar-refractivity contribution in [3.05, 3.63) is 0 Å². The van der Waals surface area contributed by atoms with Crippen molar-refractivity contribution in [3.8, 4) is 0 Å². The summed E-state index contributed by atoms with van der Waals surface area (Å²) in [4.78, 5) is 11.5. The molecular weight excluding hydrogens is 278 g/mol. The minimum atomic E-state index is -3.53. The van der Waals surface area contributed by atoms with Crippen LogP contribution >= 0.6 is 11.6 Å². The Bertz CT molecular complexity index is 356. The summed E-state index contributed by atoms with van der Waals surface area (Å²) in [5, 5.41) is 0. The summed E-state index contributed by atoms with van der Waals surface area (Å²) >= 11 is 5.58. The number of rotatable bonds is 8. The zero-order valence-corrected chi connectivity index (χ0v) is 12.8. The molecule has 0 amide bonds. The van der Waals surface area contributed by atoms with Crippen molar-refractivity contribution in [1.29, 1.82) is 0 Å². The first-order valence-electron chi connectivity index (χ1n) is 5.85. The summed E-state index contributed by atoms with van der Waals surface area (Å²) in [5.41, 5.74) is 0. The lowest BCUT2D eigenvalue weighted by molar-refractivity contribution is -0.143. The van der Waals surface area contributed by atoms with Crippen molar-refractivity contribution in [3.63, 3.8) is 0 Å². The number of sulfonamides is 1. The van der Waals surface area contributed by atoms with Crippen LogP contribution < -0.4 is 4.72 Å². The zero-order valence-electron chi connectivity index (χ0n) is 11.3. The van der Waals surface area contributed by atoms with Crippen LogP contribution in [-0.4, -0.2) is 39.2 Å². The van der Waals surface area contributed by atoms with Gasteiger partial charge < -0.3 is 4.74 Å². The molecule has 7 heteroatoms. The SMILES string of the molecule is COC(=O)C(CC(C)C)NS(=O)(=O)CC(C)CCl. The van der Waals surface area contributed by atoms with E-state index in [0.29, 0.717) is 6.42 Å². The quantitative estimate of drug-likeness (QED) is 0.543. The fourth-order valence-electron chi connectivity index (χ4n) is 1.49. The van der Waals surface area contributed by atoms with Gasteiger partial charge >= 0.3 is 5.97 Å². The second kappa shape index (κ2) is 7.96. The van der Waals surface area contributed by atoms with E-state index in [0.717, 1.165) is 0 Å². The van der Waals surface area contributed by atoms with E-state index in [2.05, 4.69) is 9.46 Å². The fourth-order valence-corrected chi connectivity index (χ4v) is 3.32. The highest BCUT2D eigenvalue weighted by atomic mass is 35.5. The first kappa shape index (κ1) is 17.7. The summed E-state index contributed by atoms with van der Waals surface area (Å²) in [6, 6.07) is -0.831. The molecule has 0 rings (SSSR count). The van der Waals surface area contributed by atoms with Gasteiger partial charge in [0.25, 0.3) is 0 Å². The molecule has 0 aliphatic rings. The van der Waals surface area contributed by atoms with Crippen molar-refractivity contribution in [1.82, 2.24) is 4.72 Å². The van der Waals surface area contributed by atoms with Gasteiger partial charge in [-0.2, -0.15) is 0 Å². The average molecular weight is 300 g/mol. The van der Waals surface area contributed by atoms with E-state index in [-0.39, 0.29) is 23.5 Å². The highest BCUT2D eigenvalue weighted by Crippen LogP contribution is 2.09. The van der Waals surface area contributed by atoms with Crippen molar-refractivity contribution in [2.75, 3.05) is 18.7 Å². The highest BCUT2D eigenvalue weighted by molar-refractivity contribution is 7.89. The topological polar surface area (TPSA) is 72.5 Å². The van der Waals surface area contributed by atoms with Crippen molar-refractivity contribution in [2.45, 2.75) is 33.2 Å². The number of carbonyl (C=O) groups is 1. The molecular formula is C11H22ClNO4S. The smallest absolute Gasteiger partial charge is 0.323 e. The van der Waals surface area contributed by atoms with Gasteiger partial charge in [-0.3, -0.25) is 4.79 Å². The molecule has 0 aliphatic carbocycles. The molecule has 1 N–H and O–H groups in total. The van der Waals surface area contributed by atoms with Crippen LogP contribution in [0.4, 0.5) is 0 Å². The Hall–Kier alpha value is -0.330.